The van der Waals surface area contributed by atoms with Gasteiger partial charge < -0.3 is 15.2 Å². The molecule has 0 aromatic carbocycles. The van der Waals surface area contributed by atoms with E-state index in [1.807, 2.05) is 13.8 Å². The molecule has 0 aliphatic carbocycles. The van der Waals surface area contributed by atoms with Gasteiger partial charge in [-0.3, -0.25) is 4.79 Å². The standard InChI is InChI=1S/C14H25N3O3/c1-6-10(7-2)11(18)8-15-13(19)12-9(3)16-17(4)14(12)20-5/h10-11,18H,6-8H2,1-5H3,(H,15,19). The van der Waals surface area contributed by atoms with Crippen molar-refractivity contribution in [2.75, 3.05) is 13.7 Å². The van der Waals surface area contributed by atoms with Gasteiger partial charge in [-0.1, -0.05) is 26.7 Å². The van der Waals surface area contributed by atoms with Crippen LogP contribution in [0.3, 0.4) is 0 Å². The minimum Gasteiger partial charge on any atom is -0.481 e. The highest BCUT2D eigenvalue weighted by molar-refractivity contribution is 5.97. The number of aliphatic hydroxyl groups excluding tert-OH is 1. The van der Waals surface area contributed by atoms with Crippen LogP contribution in [-0.4, -0.2) is 40.6 Å². The first-order chi connectivity index (χ1) is 9.46. The highest BCUT2D eigenvalue weighted by Gasteiger charge is 2.22. The van der Waals surface area contributed by atoms with Crippen LogP contribution in [0, 0.1) is 12.8 Å². The van der Waals surface area contributed by atoms with Crippen LogP contribution in [-0.2, 0) is 7.05 Å². The predicted molar refractivity (Wildman–Crippen MR) is 76.9 cm³/mol. The summed E-state index contributed by atoms with van der Waals surface area (Å²) >= 11 is 0. The molecular weight excluding hydrogens is 258 g/mol. The average Bonchev–Trinajstić information content (AvgIpc) is 2.71. The van der Waals surface area contributed by atoms with Crippen LogP contribution in [0.25, 0.3) is 0 Å². The van der Waals surface area contributed by atoms with E-state index < -0.39 is 6.10 Å². The van der Waals surface area contributed by atoms with Gasteiger partial charge in [0.05, 0.1) is 18.9 Å². The Kier molecular flexibility index (Phi) is 6.01. The summed E-state index contributed by atoms with van der Waals surface area (Å²) in [6.07, 6.45) is 1.25. The molecule has 1 atom stereocenters. The van der Waals surface area contributed by atoms with Crippen molar-refractivity contribution in [1.82, 2.24) is 15.1 Å². The van der Waals surface area contributed by atoms with Gasteiger partial charge in [-0.25, -0.2) is 4.68 Å². The summed E-state index contributed by atoms with van der Waals surface area (Å²) in [5.74, 6) is 0.363. The van der Waals surface area contributed by atoms with Crippen LogP contribution >= 0.6 is 0 Å². The van der Waals surface area contributed by atoms with Crippen molar-refractivity contribution in [2.24, 2.45) is 13.0 Å². The highest BCUT2D eigenvalue weighted by atomic mass is 16.5. The SMILES string of the molecule is CCC(CC)C(O)CNC(=O)c1c(C)nn(C)c1OC. The molecule has 6 heteroatoms. The summed E-state index contributed by atoms with van der Waals surface area (Å²) in [6, 6.07) is 0. The lowest BCUT2D eigenvalue weighted by atomic mass is 9.96. The minimum atomic E-state index is -0.531. The smallest absolute Gasteiger partial charge is 0.258 e. The van der Waals surface area contributed by atoms with Crippen LogP contribution in [0.1, 0.15) is 42.7 Å². The maximum Gasteiger partial charge on any atom is 0.258 e. The first kappa shape index (κ1) is 16.5. The molecule has 114 valence electrons. The van der Waals surface area contributed by atoms with E-state index in [0.29, 0.717) is 17.1 Å². The number of aryl methyl sites for hydroxylation is 2. The minimum absolute atomic E-state index is 0.201. The summed E-state index contributed by atoms with van der Waals surface area (Å²) in [4.78, 5) is 12.2. The lowest BCUT2D eigenvalue weighted by Crippen LogP contribution is -2.36. The van der Waals surface area contributed by atoms with Gasteiger partial charge in [-0.2, -0.15) is 5.10 Å². The third-order valence-corrected chi connectivity index (χ3v) is 3.65. The molecule has 0 radical (unpaired) electrons. The topological polar surface area (TPSA) is 76.4 Å². The fourth-order valence-electron chi connectivity index (χ4n) is 2.42. The molecule has 2 N–H and O–H groups in total. The van der Waals surface area contributed by atoms with E-state index in [1.165, 1.54) is 11.8 Å². The third-order valence-electron chi connectivity index (χ3n) is 3.65. The second kappa shape index (κ2) is 7.28. The number of nitrogens with zero attached hydrogens (tertiary/aromatic N) is 2. The Labute approximate surface area is 120 Å². The first-order valence-corrected chi connectivity index (χ1v) is 6.99. The van der Waals surface area contributed by atoms with Crippen molar-refractivity contribution < 1.29 is 14.6 Å². The third kappa shape index (κ3) is 3.50. The highest BCUT2D eigenvalue weighted by Crippen LogP contribution is 2.20. The molecule has 0 aliphatic rings. The van der Waals surface area contributed by atoms with Crippen molar-refractivity contribution >= 4 is 5.91 Å². The molecule has 0 fully saturated rings. The molecule has 20 heavy (non-hydrogen) atoms. The van der Waals surface area contributed by atoms with E-state index in [4.69, 9.17) is 4.74 Å². The van der Waals surface area contributed by atoms with Gasteiger partial charge >= 0.3 is 0 Å². The zero-order chi connectivity index (χ0) is 15.3. The lowest BCUT2D eigenvalue weighted by molar-refractivity contribution is 0.0813. The second-order valence-corrected chi connectivity index (χ2v) is 4.95. The van der Waals surface area contributed by atoms with Gasteiger partial charge in [-0.15, -0.1) is 0 Å². The molecule has 6 nitrogen and oxygen atoms in total. The molecular formula is C14H25N3O3. The number of ether oxygens (including phenoxy) is 1. The molecule has 0 bridgehead atoms. The van der Waals surface area contributed by atoms with E-state index in [9.17, 15) is 9.90 Å². The van der Waals surface area contributed by atoms with Gasteiger partial charge in [-0.05, 0) is 12.8 Å². The Bertz CT molecular complexity index is 453. The first-order valence-electron chi connectivity index (χ1n) is 6.99. The Morgan fingerprint density at radius 3 is 2.55 bits per heavy atom. The Morgan fingerprint density at radius 2 is 2.05 bits per heavy atom. The number of nitrogens with one attached hydrogen (secondary N) is 1. The number of hydrogen-bond acceptors (Lipinski definition) is 4. The Balaban J connectivity index is 2.73. The van der Waals surface area contributed by atoms with Crippen LogP contribution in [0.15, 0.2) is 0 Å². The van der Waals surface area contributed by atoms with E-state index in [0.717, 1.165) is 12.8 Å². The maximum atomic E-state index is 12.2. The fourth-order valence-corrected chi connectivity index (χ4v) is 2.42. The fraction of sp³-hybridized carbons (Fsp3) is 0.714. The number of rotatable bonds is 7. The number of carbonyl (C=O) groups is 1. The molecule has 1 unspecified atom stereocenters. The summed E-state index contributed by atoms with van der Waals surface area (Å²) < 4.78 is 6.72. The number of hydrogen-bond donors (Lipinski definition) is 2. The summed E-state index contributed by atoms with van der Waals surface area (Å²) in [6.45, 7) is 6.07. The largest absolute Gasteiger partial charge is 0.481 e. The van der Waals surface area contributed by atoms with Crippen LogP contribution in [0.4, 0.5) is 0 Å². The van der Waals surface area contributed by atoms with E-state index in [-0.39, 0.29) is 18.4 Å². The van der Waals surface area contributed by atoms with Crippen molar-refractivity contribution in [3.8, 4) is 5.88 Å². The number of methoxy groups -OCH3 is 1. The normalized spacial score (nSPS) is 12.6. The number of aliphatic hydroxyl groups is 1. The van der Waals surface area contributed by atoms with Crippen LogP contribution in [0.5, 0.6) is 5.88 Å². The van der Waals surface area contributed by atoms with Gasteiger partial charge in [0.1, 0.15) is 5.56 Å². The summed E-state index contributed by atoms with van der Waals surface area (Å²) in [7, 11) is 3.23. The van der Waals surface area contributed by atoms with Gasteiger partial charge in [0, 0.05) is 13.6 Å². The monoisotopic (exact) mass is 283 g/mol. The van der Waals surface area contributed by atoms with Gasteiger partial charge in [0.25, 0.3) is 5.91 Å². The molecule has 1 amide bonds. The van der Waals surface area contributed by atoms with E-state index >= 15 is 0 Å². The maximum absolute atomic E-state index is 12.2. The van der Waals surface area contributed by atoms with Crippen LogP contribution < -0.4 is 10.1 Å². The molecule has 1 aromatic heterocycles. The Hall–Kier alpha value is -1.56. The van der Waals surface area contributed by atoms with Crippen molar-refractivity contribution in [2.45, 2.75) is 39.7 Å². The van der Waals surface area contributed by atoms with Crippen molar-refractivity contribution in [3.05, 3.63) is 11.3 Å². The molecule has 0 spiro atoms. The number of carbonyl (C=O) groups excluding carboxylic acids is 1. The zero-order valence-corrected chi connectivity index (χ0v) is 12.9. The van der Waals surface area contributed by atoms with Crippen LogP contribution in [0.2, 0.25) is 0 Å². The zero-order valence-electron chi connectivity index (χ0n) is 12.9. The van der Waals surface area contributed by atoms with E-state index in [1.54, 1.807) is 14.0 Å². The second-order valence-electron chi connectivity index (χ2n) is 4.95. The quantitative estimate of drug-likeness (QED) is 0.790. The molecule has 0 saturated carbocycles. The molecule has 0 aliphatic heterocycles. The molecule has 1 aromatic rings. The Morgan fingerprint density at radius 1 is 1.45 bits per heavy atom. The predicted octanol–water partition coefficient (Wildman–Crippen LogP) is 1.26. The van der Waals surface area contributed by atoms with Crippen molar-refractivity contribution in [1.29, 1.82) is 0 Å². The molecule has 1 rings (SSSR count). The van der Waals surface area contributed by atoms with Crippen molar-refractivity contribution in [3.63, 3.8) is 0 Å². The average molecular weight is 283 g/mol. The summed E-state index contributed by atoms with van der Waals surface area (Å²) in [5, 5.41) is 17.0. The number of amides is 1. The van der Waals surface area contributed by atoms with Gasteiger partial charge in [0.15, 0.2) is 0 Å². The molecule has 0 saturated heterocycles. The van der Waals surface area contributed by atoms with Gasteiger partial charge in [0.2, 0.25) is 5.88 Å². The summed E-state index contributed by atoms with van der Waals surface area (Å²) in [5.41, 5.74) is 1.03. The lowest BCUT2D eigenvalue weighted by Gasteiger charge is -2.20. The molecule has 1 heterocycles. The number of aromatic nitrogens is 2. The van der Waals surface area contributed by atoms with E-state index in [2.05, 4.69) is 10.4 Å².